The molecule has 13 heteroatoms. The highest BCUT2D eigenvalue weighted by atomic mass is 32.3. The predicted octanol–water partition coefficient (Wildman–Crippen LogP) is -0.264. The van der Waals surface area contributed by atoms with Crippen molar-refractivity contribution in [2.75, 3.05) is 14.2 Å². The molecule has 4 atom stereocenters. The molecule has 1 rings (SSSR count). The number of rotatable bonds is 9. The minimum atomic E-state index is -5.07. The Kier molecular flexibility index (Phi) is 9.07. The molecule has 1 amide bonds. The molecule has 11 nitrogen and oxygen atoms in total. The van der Waals surface area contributed by atoms with Gasteiger partial charge in [-0.05, 0) is 18.8 Å². The number of hydrogen-bond acceptors (Lipinski definition) is 11. The summed E-state index contributed by atoms with van der Waals surface area (Å²) in [5.74, 6) is -3.08. The maximum atomic E-state index is 12.2. The van der Waals surface area contributed by atoms with Gasteiger partial charge >= 0.3 is 11.9 Å². The fourth-order valence-electron chi connectivity index (χ4n) is 2.61. The number of thioether (sulfide) groups is 1. The monoisotopic (exact) mass is 437 g/mol. The van der Waals surface area contributed by atoms with Crippen LogP contribution in [0.3, 0.4) is 0 Å². The average molecular weight is 437 g/mol. The van der Waals surface area contributed by atoms with Gasteiger partial charge in [0.05, 0.1) is 31.6 Å². The number of ether oxygens (including phenoxy) is 2. The molecule has 1 heterocycles. The second-order valence-corrected chi connectivity index (χ2v) is 7.82. The van der Waals surface area contributed by atoms with Crippen molar-refractivity contribution >= 4 is 45.7 Å². The summed E-state index contributed by atoms with van der Waals surface area (Å²) in [6.45, 7) is 2.55. The van der Waals surface area contributed by atoms with Crippen LogP contribution in [0.25, 0.3) is 0 Å². The van der Waals surface area contributed by atoms with E-state index < -0.39 is 45.7 Å². The summed E-state index contributed by atoms with van der Waals surface area (Å²) in [4.78, 5) is 39.3. The Morgan fingerprint density at radius 3 is 2.46 bits per heavy atom. The van der Waals surface area contributed by atoms with Gasteiger partial charge in [0.15, 0.2) is 0 Å². The largest absolute Gasteiger partial charge is 0.726 e. The van der Waals surface area contributed by atoms with Crippen LogP contribution in [0.15, 0.2) is 16.6 Å². The molecule has 0 saturated carbocycles. The molecule has 0 radical (unpaired) electrons. The zero-order chi connectivity index (χ0) is 21.5. The molecule has 0 saturated heterocycles. The quantitative estimate of drug-likeness (QED) is 0.289. The van der Waals surface area contributed by atoms with Crippen molar-refractivity contribution in [3.63, 3.8) is 0 Å². The number of hydrogen-bond donors (Lipinski definition) is 1. The molecule has 2 unspecified atom stereocenters. The molecule has 0 spiro atoms. The maximum absolute atomic E-state index is 12.2. The summed E-state index contributed by atoms with van der Waals surface area (Å²) < 4.78 is 46.4. The number of amides is 1. The van der Waals surface area contributed by atoms with E-state index in [4.69, 9.17) is 4.74 Å². The first-order valence-electron chi connectivity index (χ1n) is 7.95. The summed E-state index contributed by atoms with van der Waals surface area (Å²) in [7, 11) is -2.81. The average Bonchev–Trinajstić information content (AvgIpc) is 2.99. The van der Waals surface area contributed by atoms with Crippen LogP contribution in [0.1, 0.15) is 20.3 Å². The van der Waals surface area contributed by atoms with Crippen molar-refractivity contribution in [3.05, 3.63) is 11.6 Å². The molecule has 0 fully saturated rings. The van der Waals surface area contributed by atoms with Crippen molar-refractivity contribution in [1.82, 2.24) is 5.32 Å². The van der Waals surface area contributed by atoms with E-state index in [1.165, 1.54) is 32.6 Å². The van der Waals surface area contributed by atoms with Crippen molar-refractivity contribution in [2.24, 2.45) is 10.9 Å². The standard InChI is InChI=1S/C15H22N2O9S2/c1-8(26-28(21,22)23)12(14(19)24-3)10-7-11(13(17-10)15(20)25-4)27-6-5-16-9(2)18/h5-6,8,10-12H,7H2,1-4H3,(H,16,18)(H,21,22,23)/p-1/b6-5+/t8-,10?,11?,12-/m0/s1. The third-order valence-corrected chi connectivity index (χ3v) is 5.30. The molecule has 0 bridgehead atoms. The fourth-order valence-corrected chi connectivity index (χ4v) is 4.03. The van der Waals surface area contributed by atoms with Crippen LogP contribution in [0.4, 0.5) is 0 Å². The minimum Gasteiger partial charge on any atom is -0.726 e. The first-order valence-corrected chi connectivity index (χ1v) is 10.2. The van der Waals surface area contributed by atoms with E-state index in [0.717, 1.165) is 18.9 Å². The Morgan fingerprint density at radius 1 is 1.32 bits per heavy atom. The smallest absolute Gasteiger partial charge is 0.353 e. The molecule has 0 aliphatic carbocycles. The highest BCUT2D eigenvalue weighted by Gasteiger charge is 2.43. The van der Waals surface area contributed by atoms with Crippen molar-refractivity contribution in [2.45, 2.75) is 37.7 Å². The Hall–Kier alpha value is -1.96. The number of nitrogens with zero attached hydrogens (tertiary/aromatic N) is 1. The predicted molar refractivity (Wildman–Crippen MR) is 97.9 cm³/mol. The summed E-state index contributed by atoms with van der Waals surface area (Å²) in [5, 5.41) is 3.43. The van der Waals surface area contributed by atoms with Crippen molar-refractivity contribution < 1.29 is 41.0 Å². The van der Waals surface area contributed by atoms with E-state index in [1.807, 2.05) is 0 Å². The summed E-state index contributed by atoms with van der Waals surface area (Å²) in [6, 6.07) is -0.884. The summed E-state index contributed by atoms with van der Waals surface area (Å²) >= 11 is 1.14. The summed E-state index contributed by atoms with van der Waals surface area (Å²) in [6.07, 6.45) is 0.163. The fraction of sp³-hybridized carbons (Fsp3) is 0.600. The molecule has 158 valence electrons. The second-order valence-electron chi connectivity index (χ2n) is 5.70. The Bertz CT molecular complexity index is 763. The van der Waals surface area contributed by atoms with Gasteiger partial charge in [-0.3, -0.25) is 18.8 Å². The number of carbonyl (C=O) groups excluding carboxylic acids is 3. The molecule has 0 aromatic heterocycles. The zero-order valence-electron chi connectivity index (χ0n) is 15.6. The van der Waals surface area contributed by atoms with Gasteiger partial charge in [0.25, 0.3) is 0 Å². The highest BCUT2D eigenvalue weighted by Crippen LogP contribution is 2.33. The van der Waals surface area contributed by atoms with Crippen LogP contribution in [0, 0.1) is 5.92 Å². The van der Waals surface area contributed by atoms with Crippen LogP contribution >= 0.6 is 11.8 Å². The summed E-state index contributed by atoms with van der Waals surface area (Å²) in [5.41, 5.74) is 0.0241. The van der Waals surface area contributed by atoms with E-state index >= 15 is 0 Å². The van der Waals surface area contributed by atoms with E-state index in [2.05, 4.69) is 19.2 Å². The molecule has 1 aliphatic rings. The van der Waals surface area contributed by atoms with Gasteiger partial charge in [-0.15, -0.1) is 11.8 Å². The lowest BCUT2D eigenvalue weighted by molar-refractivity contribution is -0.149. The third-order valence-electron chi connectivity index (χ3n) is 3.72. The van der Waals surface area contributed by atoms with E-state index in [9.17, 15) is 27.4 Å². The van der Waals surface area contributed by atoms with E-state index in [0.29, 0.717) is 0 Å². The van der Waals surface area contributed by atoms with Gasteiger partial charge in [0, 0.05) is 13.1 Å². The lowest BCUT2D eigenvalue weighted by atomic mass is 9.93. The number of esters is 2. The normalized spacial score (nSPS) is 21.7. The SMILES string of the molecule is COC(=O)C1=NC([C@@H](C(=O)OC)[C@H](C)OS(=O)(=O)[O-])CC1S/C=C/NC(C)=O. The van der Waals surface area contributed by atoms with E-state index in [-0.39, 0.29) is 18.0 Å². The number of carbonyl (C=O) groups is 3. The van der Waals surface area contributed by atoms with Crippen molar-refractivity contribution in [3.8, 4) is 0 Å². The van der Waals surface area contributed by atoms with Gasteiger partial charge in [-0.2, -0.15) is 0 Å². The van der Waals surface area contributed by atoms with Gasteiger partial charge in [-0.25, -0.2) is 13.2 Å². The van der Waals surface area contributed by atoms with Gasteiger partial charge < -0.3 is 19.3 Å². The van der Waals surface area contributed by atoms with Crippen molar-refractivity contribution in [1.29, 1.82) is 0 Å². The molecule has 1 aliphatic heterocycles. The van der Waals surface area contributed by atoms with E-state index in [1.54, 1.807) is 0 Å². The third kappa shape index (κ3) is 7.22. The first-order chi connectivity index (χ1) is 13.0. The van der Waals surface area contributed by atoms with Crippen LogP contribution < -0.4 is 5.32 Å². The van der Waals surface area contributed by atoms with Gasteiger partial charge in [-0.1, -0.05) is 0 Å². The lowest BCUT2D eigenvalue weighted by Crippen LogP contribution is -2.38. The molecule has 0 aromatic rings. The zero-order valence-corrected chi connectivity index (χ0v) is 17.2. The van der Waals surface area contributed by atoms with Gasteiger partial charge in [0.2, 0.25) is 16.3 Å². The molecular weight excluding hydrogens is 416 g/mol. The second kappa shape index (κ2) is 10.5. The topological polar surface area (TPSA) is 160 Å². The number of methoxy groups -OCH3 is 2. The Morgan fingerprint density at radius 2 is 1.96 bits per heavy atom. The number of aliphatic imine (C=N–C) groups is 1. The van der Waals surface area contributed by atoms with Crippen LogP contribution in [0.5, 0.6) is 0 Å². The highest BCUT2D eigenvalue weighted by molar-refractivity contribution is 8.03. The first kappa shape index (κ1) is 24.1. The van der Waals surface area contributed by atoms with Crippen LogP contribution in [-0.2, 0) is 38.4 Å². The van der Waals surface area contributed by atoms with Crippen LogP contribution in [0.2, 0.25) is 0 Å². The lowest BCUT2D eigenvalue weighted by Gasteiger charge is -2.26. The van der Waals surface area contributed by atoms with Gasteiger partial charge in [0.1, 0.15) is 11.6 Å². The molecular formula is C15H21N2O9S2-. The Balaban J connectivity index is 3.09. The van der Waals surface area contributed by atoms with Crippen LogP contribution in [-0.4, -0.2) is 68.1 Å². The maximum Gasteiger partial charge on any atom is 0.353 e. The molecule has 28 heavy (non-hydrogen) atoms. The Labute approximate surface area is 166 Å². The molecule has 1 N–H and O–H groups in total. The number of nitrogens with one attached hydrogen (secondary N) is 1. The molecule has 0 aromatic carbocycles. The minimum absolute atomic E-state index is 0.0241.